The van der Waals surface area contributed by atoms with Gasteiger partial charge in [0.15, 0.2) is 0 Å². The molecule has 0 atom stereocenters. The van der Waals surface area contributed by atoms with E-state index in [4.69, 9.17) is 4.42 Å². The molecule has 12 aromatic rings. The highest BCUT2D eigenvalue weighted by atomic mass is 32.1. The van der Waals surface area contributed by atoms with Crippen molar-refractivity contribution in [3.63, 3.8) is 0 Å². The molecule has 0 spiro atoms. The standard InChI is InChI=1S/C57H36OS/c1-57(2)48-24-11-9-15-36(48)41-22-13-23-45(54(41)57)52-39-18-6-4-16-37(39)51(38-17-5-7-19-40(38)52)34-28-26-33(27-29-34)46-32-47-43-30-31-50-53(44-21-10-12-25-49(44)59-50)56(43)58-55(47)42-20-8-3-14-35(42)46/h3-32H,1-2H3. The Balaban J connectivity index is 1.01. The van der Waals surface area contributed by atoms with Crippen LogP contribution in [0.4, 0.5) is 0 Å². The van der Waals surface area contributed by atoms with Gasteiger partial charge < -0.3 is 4.42 Å². The smallest absolute Gasteiger partial charge is 0.144 e. The SMILES string of the molecule is CC1(C)c2ccccc2-c2cccc(-c3c4ccccc4c(-c4ccc(-c5cc6c7ccc8sc9ccccc9c8c7oc6c6ccccc56)cc4)c4ccccc34)c21. The molecule has 0 N–H and O–H groups in total. The van der Waals surface area contributed by atoms with Crippen molar-refractivity contribution in [3.8, 4) is 44.5 Å². The van der Waals surface area contributed by atoms with Crippen molar-refractivity contribution in [3.05, 3.63) is 193 Å². The Hall–Kier alpha value is -7.00. The number of furan rings is 1. The van der Waals surface area contributed by atoms with Gasteiger partial charge in [0.05, 0.1) is 0 Å². The normalized spacial score (nSPS) is 13.4. The molecule has 0 fully saturated rings. The second kappa shape index (κ2) is 12.0. The monoisotopic (exact) mass is 768 g/mol. The van der Waals surface area contributed by atoms with E-state index in [1.807, 2.05) is 11.3 Å². The van der Waals surface area contributed by atoms with Gasteiger partial charge in [0.25, 0.3) is 0 Å². The van der Waals surface area contributed by atoms with E-state index in [0.29, 0.717) is 0 Å². The molecule has 2 aromatic heterocycles. The zero-order chi connectivity index (χ0) is 39.0. The van der Waals surface area contributed by atoms with Crippen molar-refractivity contribution in [1.29, 1.82) is 0 Å². The van der Waals surface area contributed by atoms with Gasteiger partial charge in [-0.15, -0.1) is 11.3 Å². The fraction of sp³-hybridized carbons (Fsp3) is 0.0526. The fourth-order valence-corrected chi connectivity index (χ4v) is 11.8. The minimum absolute atomic E-state index is 0.125. The van der Waals surface area contributed by atoms with Crippen molar-refractivity contribution in [2.24, 2.45) is 0 Å². The lowest BCUT2D eigenvalue weighted by Crippen LogP contribution is -2.16. The number of hydrogen-bond donors (Lipinski definition) is 0. The van der Waals surface area contributed by atoms with Crippen LogP contribution in [0.2, 0.25) is 0 Å². The molecule has 2 heterocycles. The molecule has 1 aliphatic rings. The molecule has 0 amide bonds. The zero-order valence-corrected chi connectivity index (χ0v) is 33.5. The summed E-state index contributed by atoms with van der Waals surface area (Å²) < 4.78 is 9.44. The molecule has 0 saturated heterocycles. The Morgan fingerprint density at radius 2 is 0.932 bits per heavy atom. The van der Waals surface area contributed by atoms with Crippen LogP contribution in [0.1, 0.15) is 25.0 Å². The van der Waals surface area contributed by atoms with Gasteiger partial charge in [-0.1, -0.05) is 172 Å². The molecule has 59 heavy (non-hydrogen) atoms. The average Bonchev–Trinajstić information content (AvgIpc) is 3.93. The Bertz CT molecular complexity index is 3690. The van der Waals surface area contributed by atoms with E-state index in [0.717, 1.165) is 27.3 Å². The lowest BCUT2D eigenvalue weighted by Gasteiger charge is -2.26. The molecule has 10 aromatic carbocycles. The quantitative estimate of drug-likeness (QED) is 0.163. The number of thiophene rings is 1. The van der Waals surface area contributed by atoms with Gasteiger partial charge in [-0.25, -0.2) is 0 Å². The minimum Gasteiger partial charge on any atom is -0.455 e. The largest absolute Gasteiger partial charge is 0.455 e. The second-order valence-corrected chi connectivity index (χ2v) is 17.8. The maximum absolute atomic E-state index is 6.90. The first-order valence-electron chi connectivity index (χ1n) is 20.5. The van der Waals surface area contributed by atoms with E-state index in [-0.39, 0.29) is 5.41 Å². The third-order valence-corrected chi connectivity index (χ3v) is 14.4. The van der Waals surface area contributed by atoms with Gasteiger partial charge in [0.1, 0.15) is 11.2 Å². The summed E-state index contributed by atoms with van der Waals surface area (Å²) in [6, 6.07) is 67.5. The number of rotatable bonds is 3. The summed E-state index contributed by atoms with van der Waals surface area (Å²) >= 11 is 1.83. The highest BCUT2D eigenvalue weighted by molar-refractivity contribution is 7.26. The summed E-state index contributed by atoms with van der Waals surface area (Å²) in [4.78, 5) is 0. The Morgan fingerprint density at radius 3 is 1.68 bits per heavy atom. The van der Waals surface area contributed by atoms with E-state index in [2.05, 4.69) is 196 Å². The zero-order valence-electron chi connectivity index (χ0n) is 32.6. The highest BCUT2D eigenvalue weighted by Gasteiger charge is 2.38. The summed E-state index contributed by atoms with van der Waals surface area (Å²) in [6.07, 6.45) is 0. The van der Waals surface area contributed by atoms with Gasteiger partial charge in [0.2, 0.25) is 0 Å². The summed E-state index contributed by atoms with van der Waals surface area (Å²) in [5.41, 5.74) is 14.8. The Morgan fingerprint density at radius 1 is 0.373 bits per heavy atom. The molecule has 276 valence electrons. The van der Waals surface area contributed by atoms with Crippen molar-refractivity contribution >= 4 is 85.8 Å². The Labute approximate surface area is 345 Å². The molecular formula is C57H36OS. The Kier molecular flexibility index (Phi) is 6.73. The van der Waals surface area contributed by atoms with Crippen LogP contribution >= 0.6 is 11.3 Å². The molecule has 0 aliphatic heterocycles. The first kappa shape index (κ1) is 33.0. The van der Waals surface area contributed by atoms with Gasteiger partial charge in [-0.2, -0.15) is 0 Å². The van der Waals surface area contributed by atoms with Crippen LogP contribution in [0, 0.1) is 0 Å². The molecule has 0 unspecified atom stereocenters. The summed E-state index contributed by atoms with van der Waals surface area (Å²) in [7, 11) is 0. The predicted octanol–water partition coefficient (Wildman–Crippen LogP) is 16.7. The maximum Gasteiger partial charge on any atom is 0.144 e. The first-order valence-corrected chi connectivity index (χ1v) is 21.3. The van der Waals surface area contributed by atoms with Gasteiger partial charge in [-0.05, 0) is 107 Å². The summed E-state index contributed by atoms with van der Waals surface area (Å²) in [5, 5.41) is 12.2. The predicted molar refractivity (Wildman–Crippen MR) is 253 cm³/mol. The number of benzene rings is 10. The van der Waals surface area contributed by atoms with Crippen LogP contribution in [0.5, 0.6) is 0 Å². The van der Waals surface area contributed by atoms with Crippen LogP contribution in [0.25, 0.3) is 119 Å². The van der Waals surface area contributed by atoms with Crippen LogP contribution in [0.3, 0.4) is 0 Å². The summed E-state index contributed by atoms with van der Waals surface area (Å²) in [6.45, 7) is 4.78. The van der Waals surface area contributed by atoms with E-state index in [1.165, 1.54) is 103 Å². The third-order valence-electron chi connectivity index (χ3n) is 13.3. The van der Waals surface area contributed by atoms with Crippen molar-refractivity contribution in [1.82, 2.24) is 0 Å². The topological polar surface area (TPSA) is 13.1 Å². The van der Waals surface area contributed by atoms with E-state index >= 15 is 0 Å². The summed E-state index contributed by atoms with van der Waals surface area (Å²) in [5.74, 6) is 0. The van der Waals surface area contributed by atoms with E-state index in [9.17, 15) is 0 Å². The number of hydrogen-bond acceptors (Lipinski definition) is 2. The van der Waals surface area contributed by atoms with Crippen LogP contribution in [0.15, 0.2) is 186 Å². The highest BCUT2D eigenvalue weighted by Crippen LogP contribution is 2.55. The lowest BCUT2D eigenvalue weighted by molar-refractivity contribution is 0.662. The molecule has 1 nitrogen and oxygen atoms in total. The van der Waals surface area contributed by atoms with Crippen LogP contribution < -0.4 is 0 Å². The fourth-order valence-electron chi connectivity index (χ4n) is 10.7. The van der Waals surface area contributed by atoms with Crippen LogP contribution in [-0.2, 0) is 5.41 Å². The van der Waals surface area contributed by atoms with Crippen molar-refractivity contribution in [2.45, 2.75) is 19.3 Å². The molecule has 2 heteroatoms. The van der Waals surface area contributed by atoms with Crippen LogP contribution in [-0.4, -0.2) is 0 Å². The average molecular weight is 769 g/mol. The van der Waals surface area contributed by atoms with Gasteiger partial charge in [-0.3, -0.25) is 0 Å². The molecule has 0 radical (unpaired) electrons. The molecule has 1 aliphatic carbocycles. The minimum atomic E-state index is -0.125. The molecule has 0 saturated carbocycles. The van der Waals surface area contributed by atoms with Crippen molar-refractivity contribution in [2.75, 3.05) is 0 Å². The van der Waals surface area contributed by atoms with Gasteiger partial charge in [0, 0.05) is 41.7 Å². The first-order chi connectivity index (χ1) is 29.0. The second-order valence-electron chi connectivity index (χ2n) is 16.7. The third kappa shape index (κ3) is 4.50. The van der Waals surface area contributed by atoms with Gasteiger partial charge >= 0.3 is 0 Å². The maximum atomic E-state index is 6.90. The molecule has 0 bridgehead atoms. The molecule has 13 rings (SSSR count). The van der Waals surface area contributed by atoms with E-state index < -0.39 is 0 Å². The van der Waals surface area contributed by atoms with Crippen molar-refractivity contribution < 1.29 is 4.42 Å². The number of fused-ring (bicyclic) bond motifs is 14. The molecular weight excluding hydrogens is 733 g/mol. The lowest BCUT2D eigenvalue weighted by atomic mass is 9.77. The van der Waals surface area contributed by atoms with E-state index in [1.54, 1.807) is 0 Å².